The lowest BCUT2D eigenvalue weighted by molar-refractivity contribution is 0.00299. The monoisotopic (exact) mass is 268 g/mol. The largest absolute Gasteiger partial charge is 0.378 e. The molecule has 112 valence electrons. The van der Waals surface area contributed by atoms with Gasteiger partial charge in [0.2, 0.25) is 0 Å². The highest BCUT2D eigenvalue weighted by atomic mass is 16.5. The molecule has 0 amide bonds. The summed E-state index contributed by atoms with van der Waals surface area (Å²) in [5.74, 6) is 0. The third-order valence-corrected chi connectivity index (χ3v) is 5.49. The number of ether oxygens (including phenoxy) is 1. The van der Waals surface area contributed by atoms with Gasteiger partial charge < -0.3 is 10.1 Å². The summed E-state index contributed by atoms with van der Waals surface area (Å²) in [7, 11) is 0. The van der Waals surface area contributed by atoms with Gasteiger partial charge in [0, 0.05) is 37.3 Å². The van der Waals surface area contributed by atoms with E-state index in [1.54, 1.807) is 0 Å². The topological polar surface area (TPSA) is 24.5 Å². The molecule has 2 aliphatic rings. The molecule has 0 aliphatic carbocycles. The van der Waals surface area contributed by atoms with E-state index in [1.807, 2.05) is 0 Å². The van der Waals surface area contributed by atoms with Gasteiger partial charge in [-0.25, -0.2) is 0 Å². The molecule has 3 nitrogen and oxygen atoms in total. The number of piperazine rings is 1. The minimum atomic E-state index is 0.283. The summed E-state index contributed by atoms with van der Waals surface area (Å²) in [4.78, 5) is 2.72. The molecule has 2 rings (SSSR count). The normalized spacial score (nSPS) is 40.7. The Labute approximate surface area is 119 Å². The van der Waals surface area contributed by atoms with Gasteiger partial charge in [-0.1, -0.05) is 13.8 Å². The highest BCUT2D eigenvalue weighted by molar-refractivity contribution is 5.00. The Hall–Kier alpha value is -0.120. The molecule has 0 spiro atoms. The lowest BCUT2D eigenvalue weighted by Gasteiger charge is -2.52. The van der Waals surface area contributed by atoms with Gasteiger partial charge in [0.1, 0.15) is 0 Å². The van der Waals surface area contributed by atoms with Crippen LogP contribution in [0.2, 0.25) is 0 Å². The van der Waals surface area contributed by atoms with E-state index < -0.39 is 0 Å². The minimum absolute atomic E-state index is 0.283. The van der Waals surface area contributed by atoms with Crippen molar-refractivity contribution < 1.29 is 4.74 Å². The Morgan fingerprint density at radius 2 is 2.05 bits per heavy atom. The Morgan fingerprint density at radius 3 is 2.63 bits per heavy atom. The third kappa shape index (κ3) is 3.50. The van der Waals surface area contributed by atoms with Gasteiger partial charge in [0.25, 0.3) is 0 Å². The van der Waals surface area contributed by atoms with E-state index in [1.165, 1.54) is 45.2 Å². The standard InChI is InChI=1S/C16H32N2O/c1-5-15(3)13-18(16(4,6-2)12-17-15)10-9-14-8-7-11-19-14/h14,17H,5-13H2,1-4H3. The zero-order valence-corrected chi connectivity index (χ0v) is 13.3. The lowest BCUT2D eigenvalue weighted by atomic mass is 9.85. The van der Waals surface area contributed by atoms with Crippen LogP contribution < -0.4 is 5.32 Å². The second kappa shape index (κ2) is 6.11. The number of hydrogen-bond acceptors (Lipinski definition) is 3. The molecular formula is C16H32N2O. The van der Waals surface area contributed by atoms with Gasteiger partial charge in [-0.15, -0.1) is 0 Å². The molecule has 2 fully saturated rings. The molecule has 0 saturated carbocycles. The fourth-order valence-electron chi connectivity index (χ4n) is 3.29. The zero-order valence-electron chi connectivity index (χ0n) is 13.3. The molecule has 19 heavy (non-hydrogen) atoms. The Morgan fingerprint density at radius 1 is 1.26 bits per heavy atom. The molecule has 1 N–H and O–H groups in total. The number of hydrogen-bond donors (Lipinski definition) is 1. The van der Waals surface area contributed by atoms with Gasteiger partial charge in [-0.3, -0.25) is 4.90 Å². The molecule has 3 atom stereocenters. The van der Waals surface area contributed by atoms with E-state index in [0.717, 1.165) is 13.2 Å². The van der Waals surface area contributed by atoms with Crippen molar-refractivity contribution in [2.24, 2.45) is 0 Å². The number of nitrogens with zero attached hydrogens (tertiary/aromatic N) is 1. The summed E-state index contributed by atoms with van der Waals surface area (Å²) >= 11 is 0. The summed E-state index contributed by atoms with van der Waals surface area (Å²) in [6.07, 6.45) is 6.65. The molecule has 2 saturated heterocycles. The first-order valence-electron chi connectivity index (χ1n) is 8.13. The van der Waals surface area contributed by atoms with Gasteiger partial charge in [0.05, 0.1) is 6.10 Å². The number of rotatable bonds is 5. The van der Waals surface area contributed by atoms with Crippen molar-refractivity contribution >= 4 is 0 Å². The summed E-state index contributed by atoms with van der Waals surface area (Å²) < 4.78 is 5.78. The van der Waals surface area contributed by atoms with Gasteiger partial charge >= 0.3 is 0 Å². The SMILES string of the molecule is CCC1(C)CN(CCC2CCCO2)C(C)(CC)CN1. The van der Waals surface area contributed by atoms with Crippen LogP contribution in [0, 0.1) is 0 Å². The molecule has 2 aliphatic heterocycles. The van der Waals surface area contributed by atoms with Crippen molar-refractivity contribution in [3.8, 4) is 0 Å². The van der Waals surface area contributed by atoms with E-state index in [9.17, 15) is 0 Å². The van der Waals surface area contributed by atoms with Gasteiger partial charge in [-0.05, 0) is 46.0 Å². The number of nitrogens with one attached hydrogen (secondary N) is 1. The van der Waals surface area contributed by atoms with Crippen LogP contribution in [0.3, 0.4) is 0 Å². The Balaban J connectivity index is 1.95. The van der Waals surface area contributed by atoms with Crippen molar-refractivity contribution in [1.29, 1.82) is 0 Å². The Bertz CT molecular complexity index is 290. The predicted octanol–water partition coefficient (Wildman–Crippen LogP) is 2.80. The first kappa shape index (κ1) is 15.3. The fourth-order valence-corrected chi connectivity index (χ4v) is 3.29. The molecular weight excluding hydrogens is 236 g/mol. The first-order chi connectivity index (χ1) is 9.01. The van der Waals surface area contributed by atoms with Crippen molar-refractivity contribution in [2.75, 3.05) is 26.2 Å². The second-order valence-electron chi connectivity index (χ2n) is 6.96. The van der Waals surface area contributed by atoms with Crippen LogP contribution in [0.15, 0.2) is 0 Å². The van der Waals surface area contributed by atoms with E-state index >= 15 is 0 Å². The highest BCUT2D eigenvalue weighted by Gasteiger charge is 2.40. The van der Waals surface area contributed by atoms with E-state index in [2.05, 4.69) is 37.9 Å². The Kier molecular flexibility index (Phi) is 4.91. The van der Waals surface area contributed by atoms with Crippen molar-refractivity contribution in [1.82, 2.24) is 10.2 Å². The molecule has 3 unspecified atom stereocenters. The maximum atomic E-state index is 5.78. The fraction of sp³-hybridized carbons (Fsp3) is 1.00. The predicted molar refractivity (Wildman–Crippen MR) is 80.6 cm³/mol. The lowest BCUT2D eigenvalue weighted by Crippen LogP contribution is -2.68. The van der Waals surface area contributed by atoms with Crippen LogP contribution in [-0.4, -0.2) is 48.3 Å². The third-order valence-electron chi connectivity index (χ3n) is 5.49. The molecule has 2 heterocycles. The molecule has 0 radical (unpaired) electrons. The maximum Gasteiger partial charge on any atom is 0.0588 e. The van der Waals surface area contributed by atoms with E-state index in [0.29, 0.717) is 11.6 Å². The molecule has 0 bridgehead atoms. The van der Waals surface area contributed by atoms with Crippen LogP contribution in [0.4, 0.5) is 0 Å². The second-order valence-corrected chi connectivity index (χ2v) is 6.96. The van der Waals surface area contributed by atoms with Gasteiger partial charge in [0.15, 0.2) is 0 Å². The van der Waals surface area contributed by atoms with Gasteiger partial charge in [-0.2, -0.15) is 0 Å². The first-order valence-corrected chi connectivity index (χ1v) is 8.13. The van der Waals surface area contributed by atoms with E-state index in [4.69, 9.17) is 4.74 Å². The summed E-state index contributed by atoms with van der Waals surface area (Å²) in [6.45, 7) is 13.8. The van der Waals surface area contributed by atoms with Crippen LogP contribution in [0.1, 0.15) is 59.8 Å². The summed E-state index contributed by atoms with van der Waals surface area (Å²) in [5, 5.41) is 3.77. The van der Waals surface area contributed by atoms with Crippen LogP contribution >= 0.6 is 0 Å². The average Bonchev–Trinajstić information content (AvgIpc) is 2.93. The quantitative estimate of drug-likeness (QED) is 0.830. The van der Waals surface area contributed by atoms with Crippen LogP contribution in [-0.2, 0) is 4.74 Å². The molecule has 0 aromatic heterocycles. The highest BCUT2D eigenvalue weighted by Crippen LogP contribution is 2.29. The van der Waals surface area contributed by atoms with Crippen LogP contribution in [0.25, 0.3) is 0 Å². The van der Waals surface area contributed by atoms with Crippen molar-refractivity contribution in [3.05, 3.63) is 0 Å². The smallest absolute Gasteiger partial charge is 0.0588 e. The van der Waals surface area contributed by atoms with Crippen molar-refractivity contribution in [3.63, 3.8) is 0 Å². The van der Waals surface area contributed by atoms with Crippen molar-refractivity contribution in [2.45, 2.75) is 77.0 Å². The summed E-state index contributed by atoms with van der Waals surface area (Å²) in [6, 6.07) is 0. The summed E-state index contributed by atoms with van der Waals surface area (Å²) in [5.41, 5.74) is 0.596. The average molecular weight is 268 g/mol. The van der Waals surface area contributed by atoms with E-state index in [-0.39, 0.29) is 5.54 Å². The maximum absolute atomic E-state index is 5.78. The zero-order chi connectivity index (χ0) is 13.9. The molecule has 3 heteroatoms. The minimum Gasteiger partial charge on any atom is -0.378 e. The molecule has 0 aromatic carbocycles. The molecule has 0 aromatic rings. The van der Waals surface area contributed by atoms with Crippen LogP contribution in [0.5, 0.6) is 0 Å².